The van der Waals surface area contributed by atoms with Crippen LogP contribution in [0.3, 0.4) is 0 Å². The summed E-state index contributed by atoms with van der Waals surface area (Å²) in [7, 11) is 3.30. The van der Waals surface area contributed by atoms with Gasteiger partial charge in [-0.05, 0) is 25.5 Å². The van der Waals surface area contributed by atoms with Crippen LogP contribution in [-0.2, 0) is 14.3 Å². The fourth-order valence-electron chi connectivity index (χ4n) is 2.60. The van der Waals surface area contributed by atoms with E-state index in [1.165, 1.54) is 9.75 Å². The highest BCUT2D eigenvalue weighted by atomic mass is 32.1. The zero-order valence-corrected chi connectivity index (χ0v) is 13.9. The number of aryl methyl sites for hydroxylation is 1. The largest absolute Gasteiger partial charge is 0.382 e. The summed E-state index contributed by atoms with van der Waals surface area (Å²) in [6, 6.07) is 4.07. The van der Waals surface area contributed by atoms with Gasteiger partial charge in [-0.25, -0.2) is 0 Å². The number of carbonyl (C=O) groups is 1. The van der Waals surface area contributed by atoms with Gasteiger partial charge in [0.1, 0.15) is 6.17 Å². The summed E-state index contributed by atoms with van der Waals surface area (Å²) in [5, 5.41) is 3.43. The van der Waals surface area contributed by atoms with Crippen molar-refractivity contribution in [1.29, 1.82) is 0 Å². The van der Waals surface area contributed by atoms with Crippen molar-refractivity contribution in [2.75, 3.05) is 27.4 Å². The van der Waals surface area contributed by atoms with Crippen LogP contribution in [0, 0.1) is 6.92 Å². The second-order valence-electron chi connectivity index (χ2n) is 5.28. The molecule has 1 aliphatic rings. The molecular weight excluding hydrogens is 288 g/mol. The molecule has 1 aromatic rings. The van der Waals surface area contributed by atoms with Gasteiger partial charge in [-0.15, -0.1) is 11.3 Å². The van der Waals surface area contributed by atoms with Crippen LogP contribution in [0.1, 0.15) is 29.3 Å². The van der Waals surface area contributed by atoms with Gasteiger partial charge in [0.15, 0.2) is 0 Å². The monoisotopic (exact) mass is 312 g/mol. The number of nitrogens with one attached hydrogen (secondary N) is 1. The van der Waals surface area contributed by atoms with E-state index in [1.807, 2.05) is 11.8 Å². The summed E-state index contributed by atoms with van der Waals surface area (Å²) in [6.07, 6.45) is 0.619. The number of hydrogen-bond donors (Lipinski definition) is 1. The van der Waals surface area contributed by atoms with Gasteiger partial charge in [-0.1, -0.05) is 6.92 Å². The van der Waals surface area contributed by atoms with Crippen molar-refractivity contribution >= 4 is 17.2 Å². The summed E-state index contributed by atoms with van der Waals surface area (Å²) in [4.78, 5) is 16.9. The molecule has 21 heavy (non-hydrogen) atoms. The second kappa shape index (κ2) is 7.35. The first-order valence-electron chi connectivity index (χ1n) is 7.25. The molecule has 1 N–H and O–H groups in total. The second-order valence-corrected chi connectivity index (χ2v) is 6.60. The molecule has 1 aliphatic heterocycles. The molecule has 0 saturated carbocycles. The molecule has 1 aromatic heterocycles. The fraction of sp³-hybridized carbons (Fsp3) is 0.667. The molecule has 1 saturated heterocycles. The Kier molecular flexibility index (Phi) is 5.75. The van der Waals surface area contributed by atoms with E-state index in [0.717, 1.165) is 6.42 Å². The van der Waals surface area contributed by atoms with E-state index in [-0.39, 0.29) is 24.2 Å². The topological polar surface area (TPSA) is 50.8 Å². The highest BCUT2D eigenvalue weighted by molar-refractivity contribution is 7.12. The number of ether oxygens (including phenoxy) is 2. The lowest BCUT2D eigenvalue weighted by Gasteiger charge is -2.27. The van der Waals surface area contributed by atoms with Gasteiger partial charge in [0, 0.05) is 24.0 Å². The lowest BCUT2D eigenvalue weighted by atomic mass is 10.2. The minimum Gasteiger partial charge on any atom is -0.382 e. The Hall–Kier alpha value is -0.950. The molecule has 3 unspecified atom stereocenters. The van der Waals surface area contributed by atoms with Crippen LogP contribution in [0.25, 0.3) is 0 Å². The third-order valence-electron chi connectivity index (χ3n) is 3.78. The van der Waals surface area contributed by atoms with E-state index >= 15 is 0 Å². The summed E-state index contributed by atoms with van der Waals surface area (Å²) in [5.41, 5.74) is 0. The molecule has 0 bridgehead atoms. The van der Waals surface area contributed by atoms with Crippen LogP contribution in [0.2, 0.25) is 0 Å². The van der Waals surface area contributed by atoms with Crippen LogP contribution in [0.4, 0.5) is 0 Å². The SMILES string of the molecule is CCC1NC(c2ccc(C)s2)N(CC(COC)OC)C1=O. The Balaban J connectivity index is 2.18. The number of carbonyl (C=O) groups excluding carboxylic acids is 1. The van der Waals surface area contributed by atoms with Crippen molar-refractivity contribution in [2.45, 2.75) is 38.6 Å². The first-order valence-corrected chi connectivity index (χ1v) is 8.07. The van der Waals surface area contributed by atoms with Crippen molar-refractivity contribution in [1.82, 2.24) is 10.2 Å². The molecule has 2 rings (SSSR count). The Bertz CT molecular complexity index is 477. The van der Waals surface area contributed by atoms with E-state index in [0.29, 0.717) is 13.2 Å². The van der Waals surface area contributed by atoms with Gasteiger partial charge >= 0.3 is 0 Å². The highest BCUT2D eigenvalue weighted by Crippen LogP contribution is 2.31. The Morgan fingerprint density at radius 2 is 2.19 bits per heavy atom. The minimum atomic E-state index is -0.113. The van der Waals surface area contributed by atoms with Crippen LogP contribution < -0.4 is 5.32 Å². The maximum atomic E-state index is 12.6. The minimum absolute atomic E-state index is 0.0596. The zero-order chi connectivity index (χ0) is 15.4. The molecule has 3 atom stereocenters. The summed E-state index contributed by atoms with van der Waals surface area (Å²) in [6.45, 7) is 5.12. The van der Waals surface area contributed by atoms with Gasteiger partial charge in [-0.2, -0.15) is 0 Å². The third kappa shape index (κ3) is 3.63. The maximum Gasteiger partial charge on any atom is 0.241 e. The summed E-state index contributed by atoms with van der Waals surface area (Å²) in [5.74, 6) is 0.145. The normalized spacial score (nSPS) is 23.8. The van der Waals surface area contributed by atoms with Crippen molar-refractivity contribution in [3.63, 3.8) is 0 Å². The maximum absolute atomic E-state index is 12.6. The van der Waals surface area contributed by atoms with Gasteiger partial charge < -0.3 is 14.4 Å². The van der Waals surface area contributed by atoms with E-state index < -0.39 is 0 Å². The number of amides is 1. The lowest BCUT2D eigenvalue weighted by Crippen LogP contribution is -2.39. The molecule has 0 aromatic carbocycles. The average molecular weight is 312 g/mol. The van der Waals surface area contributed by atoms with Crippen molar-refractivity contribution in [3.8, 4) is 0 Å². The molecule has 0 aliphatic carbocycles. The Morgan fingerprint density at radius 1 is 1.43 bits per heavy atom. The van der Waals surface area contributed by atoms with E-state index in [2.05, 4.69) is 24.4 Å². The van der Waals surface area contributed by atoms with Crippen LogP contribution in [0.15, 0.2) is 12.1 Å². The van der Waals surface area contributed by atoms with Gasteiger partial charge in [-0.3, -0.25) is 10.1 Å². The Labute approximate surface area is 130 Å². The van der Waals surface area contributed by atoms with Gasteiger partial charge in [0.05, 0.1) is 25.3 Å². The molecular formula is C15H24N2O3S. The lowest BCUT2D eigenvalue weighted by molar-refractivity contribution is -0.132. The van der Waals surface area contributed by atoms with Gasteiger partial charge in [0.2, 0.25) is 5.91 Å². The first kappa shape index (κ1) is 16.4. The number of nitrogens with zero attached hydrogens (tertiary/aromatic N) is 1. The first-order chi connectivity index (χ1) is 10.1. The van der Waals surface area contributed by atoms with Crippen LogP contribution in [0.5, 0.6) is 0 Å². The fourth-order valence-corrected chi connectivity index (χ4v) is 3.55. The molecule has 0 spiro atoms. The molecule has 0 radical (unpaired) electrons. The van der Waals surface area contributed by atoms with Crippen molar-refractivity contribution in [2.24, 2.45) is 0 Å². The van der Waals surface area contributed by atoms with Crippen molar-refractivity contribution < 1.29 is 14.3 Å². The number of thiophene rings is 1. The number of hydrogen-bond acceptors (Lipinski definition) is 5. The molecule has 6 heteroatoms. The molecule has 5 nitrogen and oxygen atoms in total. The van der Waals surface area contributed by atoms with Crippen LogP contribution in [-0.4, -0.2) is 50.3 Å². The molecule has 1 fully saturated rings. The van der Waals surface area contributed by atoms with E-state index in [9.17, 15) is 4.79 Å². The van der Waals surface area contributed by atoms with E-state index in [1.54, 1.807) is 25.6 Å². The highest BCUT2D eigenvalue weighted by Gasteiger charge is 2.40. The number of methoxy groups -OCH3 is 2. The van der Waals surface area contributed by atoms with E-state index in [4.69, 9.17) is 9.47 Å². The molecule has 2 heterocycles. The smallest absolute Gasteiger partial charge is 0.241 e. The summed E-state index contributed by atoms with van der Waals surface area (Å²) < 4.78 is 10.6. The quantitative estimate of drug-likeness (QED) is 0.836. The van der Waals surface area contributed by atoms with Crippen molar-refractivity contribution in [3.05, 3.63) is 21.9 Å². The van der Waals surface area contributed by atoms with Crippen LogP contribution >= 0.6 is 11.3 Å². The predicted molar refractivity (Wildman–Crippen MR) is 83.4 cm³/mol. The molecule has 118 valence electrons. The average Bonchev–Trinajstić information content (AvgIpc) is 3.03. The third-order valence-corrected chi connectivity index (χ3v) is 4.83. The Morgan fingerprint density at radius 3 is 2.71 bits per heavy atom. The standard InChI is InChI=1S/C15H24N2O3S/c1-5-12-15(18)17(8-11(20-4)9-19-3)14(16-12)13-7-6-10(2)21-13/h6-7,11-12,14,16H,5,8-9H2,1-4H3. The molecule has 1 amide bonds. The van der Waals surface area contributed by atoms with Gasteiger partial charge in [0.25, 0.3) is 0 Å². The summed E-state index contributed by atoms with van der Waals surface area (Å²) >= 11 is 1.72. The predicted octanol–water partition coefficient (Wildman–Crippen LogP) is 1.93. The zero-order valence-electron chi connectivity index (χ0n) is 13.1. The number of rotatable bonds is 7.